The lowest BCUT2D eigenvalue weighted by Gasteiger charge is -2.48. The molecule has 2 fully saturated rings. The lowest BCUT2D eigenvalue weighted by Crippen LogP contribution is -2.62. The summed E-state index contributed by atoms with van der Waals surface area (Å²) in [6.45, 7) is 2.46. The van der Waals surface area contributed by atoms with Gasteiger partial charge in [0.1, 0.15) is 17.3 Å². The van der Waals surface area contributed by atoms with Crippen molar-refractivity contribution in [1.29, 1.82) is 0 Å². The van der Waals surface area contributed by atoms with Gasteiger partial charge in [-0.05, 0) is 35.6 Å². The Balaban J connectivity index is 1.58. The van der Waals surface area contributed by atoms with Crippen LogP contribution in [-0.2, 0) is 20.5 Å². The molecule has 1 aliphatic heterocycles. The predicted molar refractivity (Wildman–Crippen MR) is 115 cm³/mol. The monoisotopic (exact) mass is 466 g/mol. The fraction of sp³-hybridized carbons (Fsp3) is 0.435. The van der Waals surface area contributed by atoms with Crippen molar-refractivity contribution < 1.29 is 26.4 Å². The second-order valence-electron chi connectivity index (χ2n) is 8.61. The van der Waals surface area contributed by atoms with Crippen LogP contribution < -0.4 is 4.72 Å². The Morgan fingerprint density at radius 2 is 1.81 bits per heavy atom. The van der Waals surface area contributed by atoms with Crippen molar-refractivity contribution in [3.05, 3.63) is 59.7 Å². The molecule has 4 atom stereocenters. The topological polar surface area (TPSA) is 66.5 Å². The van der Waals surface area contributed by atoms with Crippen LogP contribution in [0.2, 0.25) is 0 Å². The summed E-state index contributed by atoms with van der Waals surface area (Å²) in [4.78, 5) is 14.6. The van der Waals surface area contributed by atoms with Gasteiger partial charge in [0.2, 0.25) is 15.9 Å². The quantitative estimate of drug-likeness (QED) is 0.678. The highest BCUT2D eigenvalue weighted by molar-refractivity contribution is 7.88. The number of hydrogen-bond acceptors (Lipinski definition) is 3. The summed E-state index contributed by atoms with van der Waals surface area (Å²) in [6, 6.07) is 9.18. The van der Waals surface area contributed by atoms with E-state index in [0.717, 1.165) is 24.8 Å². The molecule has 2 aliphatic rings. The molecule has 172 valence electrons. The minimum absolute atomic E-state index is 0.0755. The van der Waals surface area contributed by atoms with Crippen LogP contribution in [0.25, 0.3) is 11.1 Å². The number of benzene rings is 2. The molecule has 4 rings (SSSR count). The molecule has 1 saturated carbocycles. The average molecular weight is 467 g/mol. The normalized spacial score (nSPS) is 27.2. The van der Waals surface area contributed by atoms with E-state index in [4.69, 9.17) is 0 Å². The molecule has 1 N–H and O–H groups in total. The van der Waals surface area contributed by atoms with Gasteiger partial charge in [0.25, 0.3) is 0 Å². The van der Waals surface area contributed by atoms with Crippen LogP contribution in [0.15, 0.2) is 42.5 Å². The summed E-state index contributed by atoms with van der Waals surface area (Å²) in [5.41, 5.74) is -2.18. The Kier molecular flexibility index (Phi) is 5.83. The number of amides is 1. The van der Waals surface area contributed by atoms with Crippen LogP contribution in [0.4, 0.5) is 13.2 Å². The first-order valence-electron chi connectivity index (χ1n) is 10.5. The number of nitrogens with zero attached hydrogens (tertiary/aromatic N) is 1. The van der Waals surface area contributed by atoms with Crippen molar-refractivity contribution in [3.63, 3.8) is 0 Å². The average Bonchev–Trinajstić information content (AvgIpc) is 3.40. The highest BCUT2D eigenvalue weighted by Crippen LogP contribution is 2.59. The highest BCUT2D eigenvalue weighted by atomic mass is 32.2. The summed E-state index contributed by atoms with van der Waals surface area (Å²) in [5, 5.41) is 0. The van der Waals surface area contributed by atoms with Crippen molar-refractivity contribution >= 4 is 15.9 Å². The molecule has 0 spiro atoms. The smallest absolute Gasteiger partial charge is 0.229 e. The maximum absolute atomic E-state index is 16.0. The molecule has 0 radical (unpaired) electrons. The lowest BCUT2D eigenvalue weighted by atomic mass is 9.85. The number of halogens is 3. The summed E-state index contributed by atoms with van der Waals surface area (Å²) in [6.07, 6.45) is 1.73. The number of nitrogens with one attached hydrogen (secondary N) is 1. The molecular formula is C23H25F3N2O3S. The van der Waals surface area contributed by atoms with E-state index in [9.17, 15) is 22.0 Å². The molecule has 1 saturated heterocycles. The molecule has 0 unspecified atom stereocenters. The highest BCUT2D eigenvalue weighted by Gasteiger charge is 2.64. The van der Waals surface area contributed by atoms with E-state index in [2.05, 4.69) is 4.72 Å². The Morgan fingerprint density at radius 1 is 1.16 bits per heavy atom. The van der Waals surface area contributed by atoms with E-state index >= 15 is 4.39 Å². The van der Waals surface area contributed by atoms with Gasteiger partial charge in [-0.2, -0.15) is 0 Å². The third kappa shape index (κ3) is 4.03. The van der Waals surface area contributed by atoms with Crippen LogP contribution in [0.1, 0.15) is 25.3 Å². The van der Waals surface area contributed by atoms with Crippen molar-refractivity contribution in [3.8, 4) is 11.1 Å². The number of carbonyl (C=O) groups excluding carboxylic acids is 1. The fourth-order valence-electron chi connectivity index (χ4n) is 4.63. The Labute approximate surface area is 185 Å². The van der Waals surface area contributed by atoms with Gasteiger partial charge in [-0.25, -0.2) is 26.3 Å². The zero-order valence-electron chi connectivity index (χ0n) is 17.8. The molecule has 5 nitrogen and oxygen atoms in total. The van der Waals surface area contributed by atoms with Gasteiger partial charge in [-0.15, -0.1) is 0 Å². The second kappa shape index (κ2) is 8.19. The van der Waals surface area contributed by atoms with Crippen molar-refractivity contribution in [2.24, 2.45) is 11.8 Å². The predicted octanol–water partition coefficient (Wildman–Crippen LogP) is 3.60. The summed E-state index contributed by atoms with van der Waals surface area (Å²) < 4.78 is 70.1. The van der Waals surface area contributed by atoms with Crippen molar-refractivity contribution in [2.75, 3.05) is 19.3 Å². The Morgan fingerprint density at radius 3 is 2.44 bits per heavy atom. The van der Waals surface area contributed by atoms with Gasteiger partial charge in [-0.3, -0.25) is 4.79 Å². The Bertz CT molecular complexity index is 1140. The van der Waals surface area contributed by atoms with Gasteiger partial charge in [0.15, 0.2) is 0 Å². The molecule has 1 heterocycles. The van der Waals surface area contributed by atoms with Gasteiger partial charge in [-0.1, -0.05) is 37.3 Å². The molecule has 2 aromatic carbocycles. The molecule has 1 amide bonds. The molecule has 9 heteroatoms. The zero-order valence-corrected chi connectivity index (χ0v) is 18.6. The Hall–Kier alpha value is -2.39. The van der Waals surface area contributed by atoms with Gasteiger partial charge >= 0.3 is 0 Å². The minimum atomic E-state index is -3.42. The van der Waals surface area contributed by atoms with Gasteiger partial charge in [0.05, 0.1) is 17.7 Å². The number of hydrogen-bond donors (Lipinski definition) is 1. The number of alkyl halides is 1. The molecule has 2 aromatic rings. The van der Waals surface area contributed by atoms with Crippen LogP contribution in [0.3, 0.4) is 0 Å². The first-order valence-corrected chi connectivity index (χ1v) is 12.4. The summed E-state index contributed by atoms with van der Waals surface area (Å²) >= 11 is 0. The maximum Gasteiger partial charge on any atom is 0.229 e. The van der Waals surface area contributed by atoms with Gasteiger partial charge < -0.3 is 4.90 Å². The number of sulfonamides is 1. The van der Waals surface area contributed by atoms with E-state index in [1.807, 2.05) is 6.92 Å². The second-order valence-corrected chi connectivity index (χ2v) is 10.4. The van der Waals surface area contributed by atoms with E-state index in [1.165, 1.54) is 23.1 Å². The zero-order chi connectivity index (χ0) is 23.3. The number of likely N-dealkylation sites (tertiary alicyclic amines) is 1. The number of rotatable bonds is 7. The third-order valence-electron chi connectivity index (χ3n) is 6.54. The summed E-state index contributed by atoms with van der Waals surface area (Å²) in [7, 11) is -3.42. The van der Waals surface area contributed by atoms with Crippen molar-refractivity contribution in [1.82, 2.24) is 9.62 Å². The molecule has 1 aliphatic carbocycles. The molecule has 0 aromatic heterocycles. The first kappa shape index (κ1) is 22.8. The SMILES string of the molecule is CC[C@@H]1CN(C(=O)[C@@H]2C[C@@]2(F)c2ccccc2-c2c(F)cccc2F)[C@@H]1CNS(C)(=O)=O. The lowest BCUT2D eigenvalue weighted by molar-refractivity contribution is -0.146. The summed E-state index contributed by atoms with van der Waals surface area (Å²) in [5.74, 6) is -2.85. The fourth-order valence-corrected chi connectivity index (χ4v) is 5.11. The molecular weight excluding hydrogens is 441 g/mol. The van der Waals surface area contributed by atoms with E-state index in [-0.39, 0.29) is 41.6 Å². The van der Waals surface area contributed by atoms with Crippen molar-refractivity contribution in [2.45, 2.75) is 31.5 Å². The van der Waals surface area contributed by atoms with Crippen LogP contribution in [0.5, 0.6) is 0 Å². The third-order valence-corrected chi connectivity index (χ3v) is 7.23. The maximum atomic E-state index is 16.0. The van der Waals surface area contributed by atoms with E-state index in [1.54, 1.807) is 12.1 Å². The first-order chi connectivity index (χ1) is 15.1. The number of carbonyl (C=O) groups is 1. The largest absolute Gasteiger partial charge is 0.337 e. The van der Waals surface area contributed by atoms with Crippen LogP contribution in [-0.4, -0.2) is 44.6 Å². The molecule has 32 heavy (non-hydrogen) atoms. The van der Waals surface area contributed by atoms with Crippen LogP contribution in [0, 0.1) is 23.5 Å². The van der Waals surface area contributed by atoms with Crippen LogP contribution >= 0.6 is 0 Å². The van der Waals surface area contributed by atoms with Gasteiger partial charge in [0, 0.05) is 25.6 Å². The van der Waals surface area contributed by atoms with E-state index < -0.39 is 39.2 Å². The molecule has 0 bridgehead atoms. The minimum Gasteiger partial charge on any atom is -0.337 e. The standard InChI is InChI=1S/C23H25F3N2O3S/c1-3-14-13-28(20(14)12-27-32(2,30)31)22(29)17-11-23(17,26)16-8-5-4-7-15(16)21-18(24)9-6-10-19(21)25/h4-10,14,17,20,27H,3,11-13H2,1-2H3/t14-,17+,20-,23-/m1/s1. The van der Waals surface area contributed by atoms with E-state index in [0.29, 0.717) is 6.54 Å².